The van der Waals surface area contributed by atoms with Crippen LogP contribution in [0.3, 0.4) is 0 Å². The minimum Gasteiger partial charge on any atom is -0.360 e. The first kappa shape index (κ1) is 20.3. The molecular formula is C17H18F3N3O4S. The third-order valence-electron chi connectivity index (χ3n) is 4.52. The molecule has 1 aromatic carbocycles. The standard InChI is InChI=1S/C17H18F3N3O4S/c1-10-15(11(2)27-22-10)28(25,26)23-9-3-4-14(23)16(24)21-13-7-5-12(6-8-13)17(18,19)20/h5-8,14H,3-4,9H2,1-2H3,(H,21,24)/t14-/m0/s1. The van der Waals surface area contributed by atoms with Crippen molar-refractivity contribution in [2.45, 2.75) is 43.8 Å². The highest BCUT2D eigenvalue weighted by Gasteiger charge is 2.42. The number of rotatable bonds is 4. The van der Waals surface area contributed by atoms with Crippen LogP contribution in [0.2, 0.25) is 0 Å². The van der Waals surface area contributed by atoms with Crippen LogP contribution in [0.15, 0.2) is 33.7 Å². The Labute approximate surface area is 159 Å². The van der Waals surface area contributed by atoms with Crippen LogP contribution in [0.5, 0.6) is 0 Å². The fourth-order valence-corrected chi connectivity index (χ4v) is 5.17. The summed E-state index contributed by atoms with van der Waals surface area (Å²) in [5, 5.41) is 6.13. The topological polar surface area (TPSA) is 92.5 Å². The summed E-state index contributed by atoms with van der Waals surface area (Å²) in [4.78, 5) is 12.5. The maximum atomic E-state index is 13.0. The predicted octanol–water partition coefficient (Wildman–Crippen LogP) is 3.10. The number of hydrogen-bond donors (Lipinski definition) is 1. The first-order chi connectivity index (χ1) is 13.0. The second-order valence-electron chi connectivity index (χ2n) is 6.49. The maximum absolute atomic E-state index is 13.0. The number of aryl methyl sites for hydroxylation is 2. The van der Waals surface area contributed by atoms with Crippen molar-refractivity contribution in [3.63, 3.8) is 0 Å². The molecule has 0 bridgehead atoms. The van der Waals surface area contributed by atoms with Gasteiger partial charge in [0.15, 0.2) is 5.76 Å². The number of nitrogens with one attached hydrogen (secondary N) is 1. The zero-order valence-electron chi connectivity index (χ0n) is 15.1. The third kappa shape index (κ3) is 3.76. The van der Waals surface area contributed by atoms with Crippen LogP contribution in [-0.2, 0) is 21.0 Å². The number of halogens is 3. The smallest absolute Gasteiger partial charge is 0.360 e. The van der Waals surface area contributed by atoms with Gasteiger partial charge in [-0.25, -0.2) is 8.42 Å². The number of carbonyl (C=O) groups excluding carboxylic acids is 1. The van der Waals surface area contributed by atoms with Crippen LogP contribution in [0.1, 0.15) is 29.9 Å². The molecule has 152 valence electrons. The van der Waals surface area contributed by atoms with E-state index >= 15 is 0 Å². The Morgan fingerprint density at radius 1 is 1.25 bits per heavy atom. The number of anilines is 1. The summed E-state index contributed by atoms with van der Waals surface area (Å²) in [5.74, 6) is -0.473. The van der Waals surface area contributed by atoms with Gasteiger partial charge in [0, 0.05) is 12.2 Å². The van der Waals surface area contributed by atoms with Gasteiger partial charge < -0.3 is 9.84 Å². The number of amides is 1. The van der Waals surface area contributed by atoms with Gasteiger partial charge in [0.25, 0.3) is 0 Å². The summed E-state index contributed by atoms with van der Waals surface area (Å²) in [5.41, 5.74) is -0.486. The Morgan fingerprint density at radius 3 is 2.43 bits per heavy atom. The monoisotopic (exact) mass is 417 g/mol. The van der Waals surface area contributed by atoms with E-state index in [9.17, 15) is 26.4 Å². The van der Waals surface area contributed by atoms with Gasteiger partial charge in [0.1, 0.15) is 16.6 Å². The zero-order chi connectivity index (χ0) is 20.7. The number of hydrogen-bond acceptors (Lipinski definition) is 5. The highest BCUT2D eigenvalue weighted by Crippen LogP contribution is 2.32. The molecule has 11 heteroatoms. The molecule has 1 atom stereocenters. The molecule has 0 spiro atoms. The molecule has 1 aromatic heterocycles. The first-order valence-electron chi connectivity index (χ1n) is 8.44. The second-order valence-corrected chi connectivity index (χ2v) is 8.32. The minimum absolute atomic E-state index is 0.0678. The highest BCUT2D eigenvalue weighted by atomic mass is 32.2. The molecule has 1 saturated heterocycles. The van der Waals surface area contributed by atoms with Crippen LogP contribution < -0.4 is 5.32 Å². The van der Waals surface area contributed by atoms with Crippen LogP contribution in [0.25, 0.3) is 0 Å². The molecule has 0 unspecified atom stereocenters. The molecule has 0 radical (unpaired) electrons. The minimum atomic E-state index is -4.48. The number of alkyl halides is 3. The van der Waals surface area contributed by atoms with Crippen molar-refractivity contribution in [3.05, 3.63) is 41.3 Å². The molecule has 0 aliphatic carbocycles. The van der Waals surface area contributed by atoms with E-state index in [0.29, 0.717) is 12.8 Å². The van der Waals surface area contributed by atoms with Gasteiger partial charge in [-0.05, 0) is 51.0 Å². The fraction of sp³-hybridized carbons (Fsp3) is 0.412. The van der Waals surface area contributed by atoms with E-state index in [4.69, 9.17) is 4.52 Å². The number of aromatic nitrogens is 1. The van der Waals surface area contributed by atoms with Gasteiger partial charge >= 0.3 is 6.18 Å². The molecule has 0 saturated carbocycles. The lowest BCUT2D eigenvalue weighted by Gasteiger charge is -2.23. The van der Waals surface area contributed by atoms with Crippen LogP contribution in [-0.4, -0.2) is 36.4 Å². The predicted molar refractivity (Wildman–Crippen MR) is 93.0 cm³/mol. The summed E-state index contributed by atoms with van der Waals surface area (Å²) in [6.45, 7) is 3.12. The van der Waals surface area contributed by atoms with Crippen molar-refractivity contribution >= 4 is 21.6 Å². The Morgan fingerprint density at radius 2 is 1.89 bits per heavy atom. The lowest BCUT2D eigenvalue weighted by Crippen LogP contribution is -2.43. The van der Waals surface area contributed by atoms with E-state index in [1.807, 2.05) is 0 Å². The van der Waals surface area contributed by atoms with E-state index < -0.39 is 33.7 Å². The summed E-state index contributed by atoms with van der Waals surface area (Å²) >= 11 is 0. The first-order valence-corrected chi connectivity index (χ1v) is 9.88. The SMILES string of the molecule is Cc1noc(C)c1S(=O)(=O)N1CCC[C@H]1C(=O)Nc1ccc(C(F)(F)F)cc1. The lowest BCUT2D eigenvalue weighted by molar-refractivity contribution is -0.137. The average molecular weight is 417 g/mol. The van der Waals surface area contributed by atoms with Gasteiger partial charge in [-0.1, -0.05) is 5.16 Å². The quantitative estimate of drug-likeness (QED) is 0.825. The molecule has 28 heavy (non-hydrogen) atoms. The van der Waals surface area contributed by atoms with E-state index in [1.54, 1.807) is 0 Å². The van der Waals surface area contributed by atoms with E-state index in [-0.39, 0.29) is 28.6 Å². The summed E-state index contributed by atoms with van der Waals surface area (Å²) in [7, 11) is -4.00. The Bertz CT molecular complexity index is 965. The zero-order valence-corrected chi connectivity index (χ0v) is 15.9. The fourth-order valence-electron chi connectivity index (χ4n) is 3.22. The third-order valence-corrected chi connectivity index (χ3v) is 6.67. The van der Waals surface area contributed by atoms with Crippen LogP contribution in [0.4, 0.5) is 18.9 Å². The Hall–Kier alpha value is -2.40. The van der Waals surface area contributed by atoms with E-state index in [1.165, 1.54) is 13.8 Å². The normalized spacial score (nSPS) is 18.4. The molecule has 2 aromatic rings. The van der Waals surface area contributed by atoms with E-state index in [0.717, 1.165) is 28.6 Å². The molecule has 1 N–H and O–H groups in total. The van der Waals surface area contributed by atoms with E-state index in [2.05, 4.69) is 10.5 Å². The Kier molecular flexibility index (Phi) is 5.24. The van der Waals surface area contributed by atoms with Crippen molar-refractivity contribution in [2.24, 2.45) is 0 Å². The van der Waals surface area contributed by atoms with Crippen molar-refractivity contribution in [1.82, 2.24) is 9.46 Å². The van der Waals surface area contributed by atoms with Gasteiger partial charge in [0.05, 0.1) is 5.56 Å². The number of nitrogens with zero attached hydrogens (tertiary/aromatic N) is 2. The Balaban J connectivity index is 1.80. The largest absolute Gasteiger partial charge is 0.416 e. The van der Waals surface area contributed by atoms with Crippen LogP contribution in [0, 0.1) is 13.8 Å². The molecule has 2 heterocycles. The van der Waals surface area contributed by atoms with Gasteiger partial charge in [-0.3, -0.25) is 4.79 Å². The van der Waals surface area contributed by atoms with Gasteiger partial charge in [-0.15, -0.1) is 0 Å². The molecule has 3 rings (SSSR count). The molecule has 1 aliphatic heterocycles. The number of carbonyl (C=O) groups is 1. The average Bonchev–Trinajstić information content (AvgIpc) is 3.22. The molecule has 1 fully saturated rings. The summed E-state index contributed by atoms with van der Waals surface area (Å²) in [6.07, 6.45) is -3.70. The van der Waals surface area contributed by atoms with Crippen molar-refractivity contribution in [3.8, 4) is 0 Å². The van der Waals surface area contributed by atoms with Crippen LogP contribution >= 0.6 is 0 Å². The number of benzene rings is 1. The van der Waals surface area contributed by atoms with Crippen molar-refractivity contribution in [2.75, 3.05) is 11.9 Å². The van der Waals surface area contributed by atoms with Crippen molar-refractivity contribution in [1.29, 1.82) is 0 Å². The molecule has 1 amide bonds. The molecule has 7 nitrogen and oxygen atoms in total. The maximum Gasteiger partial charge on any atom is 0.416 e. The van der Waals surface area contributed by atoms with Gasteiger partial charge in [-0.2, -0.15) is 17.5 Å². The summed E-state index contributed by atoms with van der Waals surface area (Å²) < 4.78 is 69.9. The summed E-state index contributed by atoms with van der Waals surface area (Å²) in [6, 6.07) is 2.98. The van der Waals surface area contributed by atoms with Gasteiger partial charge in [0.2, 0.25) is 15.9 Å². The second kappa shape index (κ2) is 7.21. The molecular weight excluding hydrogens is 399 g/mol. The number of sulfonamides is 1. The lowest BCUT2D eigenvalue weighted by atomic mass is 10.2. The van der Waals surface area contributed by atoms with Crippen molar-refractivity contribution < 1.29 is 30.9 Å². The highest BCUT2D eigenvalue weighted by molar-refractivity contribution is 7.89. The molecule has 1 aliphatic rings.